The predicted octanol–water partition coefficient (Wildman–Crippen LogP) is 6.73. The Hall–Kier alpha value is -3.81. The zero-order valence-corrected chi connectivity index (χ0v) is 18.6. The summed E-state index contributed by atoms with van der Waals surface area (Å²) >= 11 is 0. The Labute approximate surface area is 195 Å². The molecule has 0 amide bonds. The van der Waals surface area contributed by atoms with Gasteiger partial charge in [0, 0.05) is 6.42 Å². The van der Waals surface area contributed by atoms with Gasteiger partial charge in [-0.3, -0.25) is 9.80 Å². The number of ether oxygens (including phenoxy) is 1. The van der Waals surface area contributed by atoms with Gasteiger partial charge in [0.2, 0.25) is 0 Å². The van der Waals surface area contributed by atoms with Gasteiger partial charge in [-0.15, -0.1) is 0 Å². The lowest BCUT2D eigenvalue weighted by Crippen LogP contribution is -2.29. The number of hydrogen-bond donors (Lipinski definition) is 1. The van der Waals surface area contributed by atoms with Crippen molar-refractivity contribution in [2.45, 2.75) is 38.9 Å². The van der Waals surface area contributed by atoms with Gasteiger partial charge in [-0.2, -0.15) is 18.3 Å². The van der Waals surface area contributed by atoms with Crippen molar-refractivity contribution in [1.29, 1.82) is 0 Å². The second-order valence-corrected chi connectivity index (χ2v) is 8.29. The zero-order chi connectivity index (χ0) is 24.5. The number of anilines is 1. The van der Waals surface area contributed by atoms with Gasteiger partial charge in [-0.05, 0) is 66.9 Å². The molecule has 3 aromatic carbocycles. The summed E-state index contributed by atoms with van der Waals surface area (Å²) in [6.45, 7) is 3.98. The molecule has 0 saturated carbocycles. The van der Waals surface area contributed by atoms with Crippen LogP contribution in [0.2, 0.25) is 0 Å². The molecule has 0 aromatic heterocycles. The van der Waals surface area contributed by atoms with Crippen LogP contribution in [0.15, 0.2) is 71.8 Å². The highest BCUT2D eigenvalue weighted by atomic mass is 19.4. The number of hydrogen-bond acceptors (Lipinski definition) is 4. The van der Waals surface area contributed by atoms with E-state index in [1.165, 1.54) is 5.56 Å². The quantitative estimate of drug-likeness (QED) is 0.436. The molecular weight excluding hydrogens is 445 g/mol. The Bertz CT molecular complexity index is 1240. The topological polar surface area (TPSA) is 62.1 Å². The Morgan fingerprint density at radius 1 is 1.06 bits per heavy atom. The van der Waals surface area contributed by atoms with Crippen LogP contribution in [0.4, 0.5) is 18.9 Å². The standard InChI is InChI=1S/C26H23F3N2O3/c1-16-4-3-5-18(12-16)19-6-11-23(17(2)13-19)34-22-9-7-20(8-10-22)31-21(15-25(32)33)14-24(30-31)26(27,28)29/h3-13,21H,14-15H2,1-2H3,(H,32,33). The molecule has 0 radical (unpaired) electrons. The molecule has 34 heavy (non-hydrogen) atoms. The van der Waals surface area contributed by atoms with Crippen LogP contribution in [0.25, 0.3) is 11.1 Å². The smallest absolute Gasteiger partial charge is 0.431 e. The van der Waals surface area contributed by atoms with E-state index in [2.05, 4.69) is 11.2 Å². The number of aliphatic carboxylic acids is 1. The van der Waals surface area contributed by atoms with Gasteiger partial charge in [-0.25, -0.2) is 0 Å². The SMILES string of the molecule is Cc1cccc(-c2ccc(Oc3ccc(N4N=C(C(F)(F)F)CC4CC(=O)O)cc3)c(C)c2)c1. The molecule has 8 heteroatoms. The number of carboxylic acids is 1. The number of aryl methyl sites for hydroxylation is 2. The third kappa shape index (κ3) is 5.22. The van der Waals surface area contributed by atoms with Crippen LogP contribution >= 0.6 is 0 Å². The Morgan fingerprint density at radius 2 is 1.76 bits per heavy atom. The maximum absolute atomic E-state index is 13.1. The van der Waals surface area contributed by atoms with Crippen LogP contribution in [0, 0.1) is 13.8 Å². The molecule has 0 spiro atoms. The molecule has 1 unspecified atom stereocenters. The number of hydrazone groups is 1. The molecule has 0 aliphatic carbocycles. The summed E-state index contributed by atoms with van der Waals surface area (Å²) in [6, 6.07) is 19.6. The highest BCUT2D eigenvalue weighted by Gasteiger charge is 2.43. The van der Waals surface area contributed by atoms with E-state index in [1.807, 2.05) is 50.2 Å². The van der Waals surface area contributed by atoms with Crippen LogP contribution in [0.5, 0.6) is 11.5 Å². The average molecular weight is 468 g/mol. The highest BCUT2D eigenvalue weighted by molar-refractivity contribution is 5.94. The Kier molecular flexibility index (Phi) is 6.32. The summed E-state index contributed by atoms with van der Waals surface area (Å²) in [5.74, 6) is -0.0196. The van der Waals surface area contributed by atoms with Crippen LogP contribution in [-0.4, -0.2) is 29.0 Å². The van der Waals surface area contributed by atoms with Crippen LogP contribution in [0.3, 0.4) is 0 Å². The van der Waals surface area contributed by atoms with E-state index in [0.29, 0.717) is 17.2 Å². The minimum Gasteiger partial charge on any atom is -0.481 e. The molecule has 0 fully saturated rings. The van der Waals surface area contributed by atoms with Gasteiger partial charge in [0.05, 0.1) is 18.2 Å². The molecule has 0 saturated heterocycles. The molecule has 1 N–H and O–H groups in total. The third-order valence-electron chi connectivity index (χ3n) is 5.60. The maximum atomic E-state index is 13.1. The fraction of sp³-hybridized carbons (Fsp3) is 0.231. The van der Waals surface area contributed by atoms with Crippen molar-refractivity contribution >= 4 is 17.4 Å². The average Bonchev–Trinajstić information content (AvgIpc) is 3.19. The van der Waals surface area contributed by atoms with E-state index in [1.54, 1.807) is 24.3 Å². The minimum absolute atomic E-state index is 0.365. The maximum Gasteiger partial charge on any atom is 0.431 e. The first kappa shape index (κ1) is 23.4. The summed E-state index contributed by atoms with van der Waals surface area (Å²) in [4.78, 5) is 11.1. The van der Waals surface area contributed by atoms with Crippen LogP contribution in [0.1, 0.15) is 24.0 Å². The van der Waals surface area contributed by atoms with Gasteiger partial charge < -0.3 is 9.84 Å². The van der Waals surface area contributed by atoms with Crippen molar-refractivity contribution in [3.63, 3.8) is 0 Å². The monoisotopic (exact) mass is 468 g/mol. The minimum atomic E-state index is -4.60. The number of benzene rings is 3. The number of carbonyl (C=O) groups is 1. The molecular formula is C26H23F3N2O3. The molecule has 0 bridgehead atoms. The van der Waals surface area contributed by atoms with Crippen LogP contribution in [-0.2, 0) is 4.79 Å². The van der Waals surface area contributed by atoms with Crippen molar-refractivity contribution in [3.8, 4) is 22.6 Å². The normalized spacial score (nSPS) is 15.9. The van der Waals surface area contributed by atoms with Gasteiger partial charge in [0.25, 0.3) is 0 Å². The van der Waals surface area contributed by atoms with Crippen LogP contribution < -0.4 is 9.75 Å². The number of halogens is 3. The largest absolute Gasteiger partial charge is 0.481 e. The van der Waals surface area contributed by atoms with Gasteiger partial charge in [0.1, 0.15) is 17.2 Å². The molecule has 1 aliphatic rings. The van der Waals surface area contributed by atoms with E-state index < -0.39 is 36.7 Å². The first-order chi connectivity index (χ1) is 16.1. The van der Waals surface area contributed by atoms with E-state index in [9.17, 15) is 18.0 Å². The van der Waals surface area contributed by atoms with Crippen molar-refractivity contribution < 1.29 is 27.8 Å². The molecule has 1 heterocycles. The summed E-state index contributed by atoms with van der Waals surface area (Å²) in [7, 11) is 0. The van der Waals surface area contributed by atoms with E-state index >= 15 is 0 Å². The Balaban J connectivity index is 1.52. The first-order valence-electron chi connectivity index (χ1n) is 10.7. The van der Waals surface area contributed by atoms with Crippen molar-refractivity contribution in [1.82, 2.24) is 0 Å². The van der Waals surface area contributed by atoms with Crippen molar-refractivity contribution in [2.24, 2.45) is 5.10 Å². The molecule has 176 valence electrons. The predicted molar refractivity (Wildman–Crippen MR) is 124 cm³/mol. The lowest BCUT2D eigenvalue weighted by molar-refractivity contribution is -0.137. The molecule has 5 nitrogen and oxygen atoms in total. The summed E-state index contributed by atoms with van der Waals surface area (Å²) < 4.78 is 45.4. The second-order valence-electron chi connectivity index (χ2n) is 8.29. The number of nitrogens with zero attached hydrogens (tertiary/aromatic N) is 2. The molecule has 1 aliphatic heterocycles. The van der Waals surface area contributed by atoms with E-state index in [-0.39, 0.29) is 0 Å². The number of alkyl halides is 3. The van der Waals surface area contributed by atoms with Crippen molar-refractivity contribution in [3.05, 3.63) is 77.9 Å². The van der Waals surface area contributed by atoms with Gasteiger partial charge >= 0.3 is 12.1 Å². The molecule has 4 rings (SSSR count). The third-order valence-corrected chi connectivity index (χ3v) is 5.60. The molecule has 1 atom stereocenters. The summed E-state index contributed by atoms with van der Waals surface area (Å²) in [5.41, 5.74) is 3.67. The highest BCUT2D eigenvalue weighted by Crippen LogP contribution is 2.35. The zero-order valence-electron chi connectivity index (χ0n) is 18.6. The van der Waals surface area contributed by atoms with E-state index in [4.69, 9.17) is 9.84 Å². The van der Waals surface area contributed by atoms with Gasteiger partial charge in [-0.1, -0.05) is 35.9 Å². The summed E-state index contributed by atoms with van der Waals surface area (Å²) in [5, 5.41) is 13.9. The summed E-state index contributed by atoms with van der Waals surface area (Å²) in [6.07, 6.45) is -5.52. The Morgan fingerprint density at radius 3 is 2.38 bits per heavy atom. The first-order valence-corrected chi connectivity index (χ1v) is 10.7. The second kappa shape index (κ2) is 9.21. The molecule has 3 aromatic rings. The lowest BCUT2D eigenvalue weighted by Gasteiger charge is -2.22. The fourth-order valence-corrected chi connectivity index (χ4v) is 3.93. The van der Waals surface area contributed by atoms with Crippen molar-refractivity contribution in [2.75, 3.05) is 5.01 Å². The lowest BCUT2D eigenvalue weighted by atomic mass is 10.0. The van der Waals surface area contributed by atoms with Gasteiger partial charge in [0.15, 0.2) is 0 Å². The van der Waals surface area contributed by atoms with E-state index in [0.717, 1.165) is 21.7 Å². The number of carboxylic acid groups (broad SMARTS) is 1. The number of rotatable bonds is 6. The fourth-order valence-electron chi connectivity index (χ4n) is 3.93.